The van der Waals surface area contributed by atoms with E-state index in [4.69, 9.17) is 11.6 Å². The highest BCUT2D eigenvalue weighted by molar-refractivity contribution is 6.30. The third-order valence-corrected chi connectivity index (χ3v) is 5.90. The summed E-state index contributed by atoms with van der Waals surface area (Å²) in [5.74, 6) is 0.133. The smallest absolute Gasteiger partial charge is 0.243 e. The van der Waals surface area contributed by atoms with Crippen molar-refractivity contribution in [1.29, 1.82) is 0 Å². The van der Waals surface area contributed by atoms with Gasteiger partial charge in [0, 0.05) is 31.0 Å². The van der Waals surface area contributed by atoms with E-state index in [2.05, 4.69) is 19.2 Å². The Morgan fingerprint density at radius 1 is 0.853 bits per heavy atom. The molecule has 5 heteroatoms. The standard InChI is InChI=1S/C29H33ClN2O2/c1-22(2)20-31-29(34)27(19-24-12-7-4-8-13-24)32(21-25-14-9-15-26(30)18-25)28(33)17-16-23-10-5-3-6-11-23/h3-15,18,22,27H,16-17,19-21H2,1-2H3,(H,31,34)/t27-/m1/s1. The zero-order valence-corrected chi connectivity index (χ0v) is 20.7. The summed E-state index contributed by atoms with van der Waals surface area (Å²) >= 11 is 6.22. The average Bonchev–Trinajstić information content (AvgIpc) is 2.84. The number of rotatable bonds is 11. The van der Waals surface area contributed by atoms with Gasteiger partial charge in [0.05, 0.1) is 0 Å². The van der Waals surface area contributed by atoms with Gasteiger partial charge in [-0.25, -0.2) is 0 Å². The van der Waals surface area contributed by atoms with E-state index in [1.807, 2.05) is 84.9 Å². The molecule has 4 nitrogen and oxygen atoms in total. The Hall–Kier alpha value is -3.11. The van der Waals surface area contributed by atoms with Crippen molar-refractivity contribution in [2.45, 2.75) is 45.7 Å². The molecule has 1 N–H and O–H groups in total. The SMILES string of the molecule is CC(C)CNC(=O)[C@@H](Cc1ccccc1)N(Cc1cccc(Cl)c1)C(=O)CCc1ccccc1. The number of carbonyl (C=O) groups excluding carboxylic acids is 2. The Morgan fingerprint density at radius 3 is 2.09 bits per heavy atom. The van der Waals surface area contributed by atoms with E-state index >= 15 is 0 Å². The van der Waals surface area contributed by atoms with Crippen molar-refractivity contribution in [2.24, 2.45) is 5.92 Å². The molecule has 0 aliphatic heterocycles. The molecule has 0 aliphatic carbocycles. The number of nitrogens with zero attached hydrogens (tertiary/aromatic N) is 1. The van der Waals surface area contributed by atoms with Crippen LogP contribution in [0.1, 0.15) is 37.0 Å². The zero-order chi connectivity index (χ0) is 24.3. The quantitative estimate of drug-likeness (QED) is 0.386. The number of aryl methyl sites for hydroxylation is 1. The zero-order valence-electron chi connectivity index (χ0n) is 19.9. The number of amides is 2. The molecule has 3 aromatic rings. The molecule has 0 saturated heterocycles. The van der Waals surface area contributed by atoms with Gasteiger partial charge in [-0.3, -0.25) is 9.59 Å². The van der Waals surface area contributed by atoms with E-state index in [9.17, 15) is 9.59 Å². The Balaban J connectivity index is 1.89. The molecule has 0 radical (unpaired) electrons. The summed E-state index contributed by atoms with van der Waals surface area (Å²) in [5, 5.41) is 3.66. The van der Waals surface area contributed by atoms with Crippen molar-refractivity contribution in [1.82, 2.24) is 10.2 Å². The van der Waals surface area contributed by atoms with Gasteiger partial charge in [-0.05, 0) is 41.2 Å². The molecular weight excluding hydrogens is 444 g/mol. The lowest BCUT2D eigenvalue weighted by Gasteiger charge is -2.32. The maximum atomic E-state index is 13.6. The number of nitrogens with one attached hydrogen (secondary N) is 1. The fourth-order valence-corrected chi connectivity index (χ4v) is 4.06. The minimum Gasteiger partial charge on any atom is -0.354 e. The number of hydrogen-bond acceptors (Lipinski definition) is 2. The summed E-state index contributed by atoms with van der Waals surface area (Å²) in [5.41, 5.74) is 3.01. The first kappa shape index (κ1) is 25.5. The van der Waals surface area contributed by atoms with Gasteiger partial charge in [0.2, 0.25) is 11.8 Å². The normalized spacial score (nSPS) is 11.8. The molecule has 3 rings (SSSR count). The van der Waals surface area contributed by atoms with Gasteiger partial charge in [-0.2, -0.15) is 0 Å². The maximum Gasteiger partial charge on any atom is 0.243 e. The van der Waals surface area contributed by atoms with Crippen LogP contribution in [0.3, 0.4) is 0 Å². The summed E-state index contributed by atoms with van der Waals surface area (Å²) in [6.07, 6.45) is 1.40. The Morgan fingerprint density at radius 2 is 1.47 bits per heavy atom. The number of hydrogen-bond donors (Lipinski definition) is 1. The van der Waals surface area contributed by atoms with E-state index < -0.39 is 6.04 Å². The molecule has 0 saturated carbocycles. The van der Waals surface area contributed by atoms with Gasteiger partial charge in [-0.1, -0.05) is 98.2 Å². The minimum atomic E-state index is -0.622. The van der Waals surface area contributed by atoms with Crippen molar-refractivity contribution in [3.63, 3.8) is 0 Å². The van der Waals surface area contributed by atoms with Gasteiger partial charge in [0.1, 0.15) is 6.04 Å². The molecule has 34 heavy (non-hydrogen) atoms. The second-order valence-corrected chi connectivity index (χ2v) is 9.42. The van der Waals surface area contributed by atoms with Crippen molar-refractivity contribution in [3.8, 4) is 0 Å². The summed E-state index contributed by atoms with van der Waals surface area (Å²) in [6, 6.07) is 26.6. The van der Waals surface area contributed by atoms with Crippen LogP contribution < -0.4 is 5.32 Å². The molecule has 0 fully saturated rings. The lowest BCUT2D eigenvalue weighted by atomic mass is 10.0. The van der Waals surface area contributed by atoms with Crippen LogP contribution in [-0.2, 0) is 29.0 Å². The molecule has 0 aromatic heterocycles. The molecule has 3 aromatic carbocycles. The van der Waals surface area contributed by atoms with Crippen molar-refractivity contribution in [2.75, 3.05) is 6.54 Å². The summed E-state index contributed by atoms with van der Waals surface area (Å²) < 4.78 is 0. The molecule has 1 atom stereocenters. The Kier molecular flexibility index (Phi) is 9.72. The summed E-state index contributed by atoms with van der Waals surface area (Å²) in [4.78, 5) is 28.7. The monoisotopic (exact) mass is 476 g/mol. The molecule has 0 heterocycles. The molecule has 2 amide bonds. The second-order valence-electron chi connectivity index (χ2n) is 8.98. The summed E-state index contributed by atoms with van der Waals surface area (Å²) in [6.45, 7) is 5.00. The average molecular weight is 477 g/mol. The first-order chi connectivity index (χ1) is 16.4. The lowest BCUT2D eigenvalue weighted by molar-refractivity contribution is -0.141. The minimum absolute atomic E-state index is 0.0514. The van der Waals surface area contributed by atoms with Crippen LogP contribution >= 0.6 is 11.6 Å². The van der Waals surface area contributed by atoms with Crippen molar-refractivity contribution in [3.05, 3.63) is 107 Å². The van der Waals surface area contributed by atoms with Gasteiger partial charge >= 0.3 is 0 Å². The number of halogens is 1. The fraction of sp³-hybridized carbons (Fsp3) is 0.310. The Bertz CT molecular complexity index is 1050. The highest BCUT2D eigenvalue weighted by atomic mass is 35.5. The maximum absolute atomic E-state index is 13.6. The molecule has 0 unspecified atom stereocenters. The lowest BCUT2D eigenvalue weighted by Crippen LogP contribution is -2.51. The third kappa shape index (κ3) is 8.03. The highest BCUT2D eigenvalue weighted by Gasteiger charge is 2.30. The highest BCUT2D eigenvalue weighted by Crippen LogP contribution is 2.19. The van der Waals surface area contributed by atoms with Crippen LogP contribution in [0.4, 0.5) is 0 Å². The van der Waals surface area contributed by atoms with E-state index in [-0.39, 0.29) is 11.8 Å². The van der Waals surface area contributed by atoms with Crippen LogP contribution in [0, 0.1) is 5.92 Å². The van der Waals surface area contributed by atoms with Gasteiger partial charge in [0.15, 0.2) is 0 Å². The van der Waals surface area contributed by atoms with E-state index in [0.717, 1.165) is 16.7 Å². The van der Waals surface area contributed by atoms with E-state index in [1.165, 1.54) is 0 Å². The third-order valence-electron chi connectivity index (χ3n) is 5.67. The molecular formula is C29H33ClN2O2. The predicted octanol–water partition coefficient (Wildman–Crippen LogP) is 5.68. The summed E-state index contributed by atoms with van der Waals surface area (Å²) in [7, 11) is 0. The Labute approximate surface area is 207 Å². The number of benzene rings is 3. The van der Waals surface area contributed by atoms with Crippen molar-refractivity contribution >= 4 is 23.4 Å². The van der Waals surface area contributed by atoms with Gasteiger partial charge in [0.25, 0.3) is 0 Å². The second kappa shape index (κ2) is 13.0. The first-order valence-electron chi connectivity index (χ1n) is 11.8. The molecule has 178 valence electrons. The van der Waals surface area contributed by atoms with Crippen LogP contribution in [0.25, 0.3) is 0 Å². The predicted molar refractivity (Wildman–Crippen MR) is 139 cm³/mol. The van der Waals surface area contributed by atoms with E-state index in [0.29, 0.717) is 43.3 Å². The van der Waals surface area contributed by atoms with Crippen LogP contribution in [0.15, 0.2) is 84.9 Å². The van der Waals surface area contributed by atoms with Crippen LogP contribution in [0.5, 0.6) is 0 Å². The fourth-order valence-electron chi connectivity index (χ4n) is 3.85. The largest absolute Gasteiger partial charge is 0.354 e. The van der Waals surface area contributed by atoms with Crippen molar-refractivity contribution < 1.29 is 9.59 Å². The number of carbonyl (C=O) groups is 2. The topological polar surface area (TPSA) is 49.4 Å². The molecule has 0 aliphatic rings. The van der Waals surface area contributed by atoms with Crippen LogP contribution in [0.2, 0.25) is 5.02 Å². The molecule has 0 bridgehead atoms. The van der Waals surface area contributed by atoms with Gasteiger partial charge < -0.3 is 10.2 Å². The first-order valence-corrected chi connectivity index (χ1v) is 12.2. The van der Waals surface area contributed by atoms with Crippen LogP contribution in [-0.4, -0.2) is 29.3 Å². The van der Waals surface area contributed by atoms with E-state index in [1.54, 1.807) is 4.90 Å². The van der Waals surface area contributed by atoms with Gasteiger partial charge in [-0.15, -0.1) is 0 Å². The molecule has 0 spiro atoms.